The van der Waals surface area contributed by atoms with E-state index in [0.29, 0.717) is 118 Å². The number of hydrogen-bond donors (Lipinski definition) is 3. The average Bonchev–Trinajstić information content (AvgIpc) is 3.25. The van der Waals surface area contributed by atoms with E-state index in [1.54, 1.807) is 21.3 Å². The Labute approximate surface area is 380 Å². The number of methoxy groups -OCH3 is 3. The molecule has 22 heteroatoms. The number of ketones is 1. The van der Waals surface area contributed by atoms with E-state index >= 15 is 0 Å². The summed E-state index contributed by atoms with van der Waals surface area (Å²) in [5.41, 5.74) is -0.687. The van der Waals surface area contributed by atoms with Gasteiger partial charge in [0.05, 0.1) is 98.6 Å². The zero-order valence-corrected chi connectivity index (χ0v) is 39.1. The van der Waals surface area contributed by atoms with E-state index in [1.165, 1.54) is 13.8 Å². The number of carbonyl (C=O) groups excluding carboxylic acids is 5. The highest BCUT2D eigenvalue weighted by atomic mass is 31.2. The molecule has 0 spiro atoms. The monoisotopic (exact) mass is 944 g/mol. The minimum Gasteiger partial charge on any atom is -0.778 e. The van der Waals surface area contributed by atoms with Gasteiger partial charge < -0.3 is 77.5 Å². The molecular weight excluding hydrogens is 863 g/mol. The number of ether oxygens (including phenoxy) is 9. The van der Waals surface area contributed by atoms with Crippen molar-refractivity contribution in [1.29, 1.82) is 0 Å². The van der Waals surface area contributed by atoms with Crippen molar-refractivity contribution >= 4 is 37.0 Å². The maximum absolute atomic E-state index is 14.3. The molecule has 64 heavy (non-hydrogen) atoms. The van der Waals surface area contributed by atoms with Crippen LogP contribution in [0.4, 0.5) is 0 Å². The Morgan fingerprint density at radius 1 is 0.625 bits per heavy atom. The fourth-order valence-electron chi connectivity index (χ4n) is 5.92. The van der Waals surface area contributed by atoms with E-state index in [9.17, 15) is 33.4 Å². The molecule has 1 saturated carbocycles. The first-order valence-electron chi connectivity index (χ1n) is 21.9. The molecule has 1 fully saturated rings. The Hall–Kier alpha value is -2.66. The third kappa shape index (κ3) is 31.3. The molecule has 0 heterocycles. The molecule has 376 valence electrons. The van der Waals surface area contributed by atoms with Crippen molar-refractivity contribution in [2.45, 2.75) is 90.4 Å². The Bertz CT molecular complexity index is 1260. The first-order valence-corrected chi connectivity index (χ1v) is 23.5. The predicted octanol–water partition coefficient (Wildman–Crippen LogP) is 0.874. The van der Waals surface area contributed by atoms with Gasteiger partial charge in [-0.25, -0.2) is 0 Å². The summed E-state index contributed by atoms with van der Waals surface area (Å²) in [6, 6.07) is -1.26. The highest BCUT2D eigenvalue weighted by Gasteiger charge is 2.34. The molecule has 3 N–H and O–H groups in total. The lowest BCUT2D eigenvalue weighted by Gasteiger charge is -2.35. The lowest BCUT2D eigenvalue weighted by Crippen LogP contribution is -2.54. The average molecular weight is 944 g/mol. The maximum atomic E-state index is 14.3. The zero-order valence-electron chi connectivity index (χ0n) is 38.2. The molecule has 0 saturated heterocycles. The van der Waals surface area contributed by atoms with Crippen LogP contribution in [0.1, 0.15) is 72.6 Å². The molecule has 0 aromatic heterocycles. The molecule has 21 nitrogen and oxygen atoms in total. The minimum atomic E-state index is -4.07. The van der Waals surface area contributed by atoms with E-state index in [-0.39, 0.29) is 58.8 Å². The summed E-state index contributed by atoms with van der Waals surface area (Å²) in [4.78, 5) is 80.8. The fourth-order valence-corrected chi connectivity index (χ4v) is 6.79. The summed E-state index contributed by atoms with van der Waals surface area (Å²) >= 11 is 0. The Balaban J connectivity index is 0.0000397. The van der Waals surface area contributed by atoms with Crippen LogP contribution in [0.15, 0.2) is 0 Å². The predicted molar refractivity (Wildman–Crippen MR) is 235 cm³/mol. The number of amides is 4. The van der Waals surface area contributed by atoms with Crippen LogP contribution in [0.25, 0.3) is 0 Å². The first-order chi connectivity index (χ1) is 30.3. The van der Waals surface area contributed by atoms with Crippen molar-refractivity contribution in [2.24, 2.45) is 5.92 Å². The van der Waals surface area contributed by atoms with Crippen molar-refractivity contribution in [2.75, 3.05) is 147 Å². The fraction of sp³-hybridized carbons (Fsp3) is 0.881. The van der Waals surface area contributed by atoms with E-state index in [0.717, 1.165) is 4.90 Å². The minimum absolute atomic E-state index is 0. The Morgan fingerprint density at radius 2 is 1.05 bits per heavy atom. The van der Waals surface area contributed by atoms with Crippen LogP contribution in [0, 0.1) is 5.92 Å². The molecule has 2 atom stereocenters. The van der Waals surface area contributed by atoms with Crippen LogP contribution >= 0.6 is 7.60 Å². The summed E-state index contributed by atoms with van der Waals surface area (Å²) in [7, 11) is 0.657. The summed E-state index contributed by atoms with van der Waals surface area (Å²) in [5.74, 6) is -3.07. The van der Waals surface area contributed by atoms with Gasteiger partial charge >= 0.3 is 0 Å². The number of rotatable bonds is 41. The molecule has 4 amide bonds. The third-order valence-electron chi connectivity index (χ3n) is 9.57. The first kappa shape index (κ1) is 61.3. The second kappa shape index (κ2) is 39.5. The van der Waals surface area contributed by atoms with Gasteiger partial charge in [-0.3, -0.25) is 24.0 Å². The van der Waals surface area contributed by atoms with Gasteiger partial charge in [-0.1, -0.05) is 21.3 Å². The molecule has 0 radical (unpaired) electrons. The summed E-state index contributed by atoms with van der Waals surface area (Å²) in [6.45, 7) is 7.57. The molecular formula is C42H80N4O17P-. The molecule has 0 aliphatic heterocycles. The largest absolute Gasteiger partial charge is 0.778 e. The van der Waals surface area contributed by atoms with E-state index in [1.807, 2.05) is 0 Å². The van der Waals surface area contributed by atoms with Crippen LogP contribution in [0.2, 0.25) is 0 Å². The Morgan fingerprint density at radius 3 is 1.48 bits per heavy atom. The van der Waals surface area contributed by atoms with Crippen LogP contribution in [-0.2, 0) is 75.7 Å². The number of carbonyl (C=O) groups is 5. The lowest BCUT2D eigenvalue weighted by atomic mass is 9.86. The lowest BCUT2D eigenvalue weighted by molar-refractivity contribution is -0.205. The van der Waals surface area contributed by atoms with Gasteiger partial charge in [0, 0.05) is 65.4 Å². The SMILES string of the molecule is C.COCCOCCOCCCC(=O)CCC(NC(=O)C1CCC(OP(=O)([O-])C(C)C)CC1)C(=O)N(CC(=O)NCCOCCOCCOC)CC(=O)NCCOCCOCCOC. The molecule has 2 unspecified atom stereocenters. The molecule has 0 aromatic carbocycles. The quantitative estimate of drug-likeness (QED) is 0.0568. The normalized spacial score (nSPS) is 16.4. The van der Waals surface area contributed by atoms with Crippen molar-refractivity contribution in [3.8, 4) is 0 Å². The van der Waals surface area contributed by atoms with E-state index < -0.39 is 68.0 Å². The van der Waals surface area contributed by atoms with Gasteiger partial charge in [0.1, 0.15) is 32.5 Å². The number of Topliss-reactive ketones (excluding diaryl/α,β-unsaturated/α-hetero) is 1. The smallest absolute Gasteiger partial charge is 0.246 e. The topological polar surface area (TPSA) is 257 Å². The summed E-state index contributed by atoms with van der Waals surface area (Å²) in [5, 5.41) is 8.16. The molecule has 1 aliphatic rings. The van der Waals surface area contributed by atoms with Crippen molar-refractivity contribution in [1.82, 2.24) is 20.9 Å². The van der Waals surface area contributed by atoms with Gasteiger partial charge in [-0.05, 0) is 38.5 Å². The van der Waals surface area contributed by atoms with Crippen LogP contribution in [-0.4, -0.2) is 199 Å². The Kier molecular flexibility index (Phi) is 37.9. The molecule has 1 aliphatic carbocycles. The highest BCUT2D eigenvalue weighted by Crippen LogP contribution is 2.46. The van der Waals surface area contributed by atoms with Crippen molar-refractivity contribution in [3.05, 3.63) is 0 Å². The van der Waals surface area contributed by atoms with Gasteiger partial charge in [0.25, 0.3) is 0 Å². The van der Waals surface area contributed by atoms with Gasteiger partial charge in [-0.15, -0.1) is 0 Å². The summed E-state index contributed by atoms with van der Waals surface area (Å²) < 4.78 is 65.2. The van der Waals surface area contributed by atoms with Crippen LogP contribution in [0.3, 0.4) is 0 Å². The van der Waals surface area contributed by atoms with E-state index in [4.69, 9.17) is 47.2 Å². The summed E-state index contributed by atoms with van der Waals surface area (Å²) in [6.07, 6.45) is 1.12. The van der Waals surface area contributed by atoms with Crippen LogP contribution in [0.5, 0.6) is 0 Å². The van der Waals surface area contributed by atoms with Crippen molar-refractivity contribution < 1.29 is 80.6 Å². The zero-order chi connectivity index (χ0) is 46.6. The second-order valence-electron chi connectivity index (χ2n) is 15.0. The van der Waals surface area contributed by atoms with E-state index in [2.05, 4.69) is 16.0 Å². The molecule has 1 rings (SSSR count). The highest BCUT2D eigenvalue weighted by molar-refractivity contribution is 7.52. The number of nitrogens with zero attached hydrogens (tertiary/aromatic N) is 1. The van der Waals surface area contributed by atoms with Gasteiger partial charge in [0.15, 0.2) is 0 Å². The molecule has 0 aromatic rings. The standard InChI is InChI=1S/C41H77N4O17P.CH4/c1-33(2)63(51,52)62-36-11-8-34(9-12-36)40(49)44-37(13-10-35(46)7-6-16-56-25-28-59-22-19-53-3)41(50)45(31-38(47)42-14-17-57-26-29-60-23-20-54-4)32-39(48)43-15-18-58-27-30-61-24-21-55-5;/h33-34,36-37H,6-32H2,1-5H3,(H,42,47)(H,43,48)(H,44,49)(H,51,52);1H4/p-1. The van der Waals surface area contributed by atoms with Gasteiger partial charge in [0.2, 0.25) is 23.6 Å². The maximum Gasteiger partial charge on any atom is 0.246 e. The van der Waals surface area contributed by atoms with Crippen molar-refractivity contribution in [3.63, 3.8) is 0 Å². The number of nitrogens with one attached hydrogen (secondary N) is 3. The second-order valence-corrected chi connectivity index (χ2v) is 17.3. The van der Waals surface area contributed by atoms with Crippen LogP contribution < -0.4 is 20.8 Å². The third-order valence-corrected chi connectivity index (χ3v) is 11.4. The molecule has 0 bridgehead atoms. The van der Waals surface area contributed by atoms with Gasteiger partial charge in [-0.2, -0.15) is 0 Å². The number of hydrogen-bond acceptors (Lipinski definition) is 17.